The molecule has 1 aliphatic heterocycles. The normalized spacial score (nSPS) is 13.1. The predicted molar refractivity (Wildman–Crippen MR) is 124 cm³/mol. The van der Waals surface area contributed by atoms with E-state index < -0.39 is 0 Å². The fraction of sp³-hybridized carbons (Fsp3) is 0.250. The van der Waals surface area contributed by atoms with Crippen LogP contribution in [-0.2, 0) is 4.79 Å². The molecule has 0 aliphatic carbocycles. The van der Waals surface area contributed by atoms with Gasteiger partial charge in [-0.05, 0) is 38.1 Å². The molecule has 1 aliphatic rings. The molecule has 0 saturated heterocycles. The Kier molecular flexibility index (Phi) is 6.00. The van der Waals surface area contributed by atoms with E-state index in [1.807, 2.05) is 13.8 Å². The van der Waals surface area contributed by atoms with Crippen LogP contribution < -0.4 is 25.0 Å². The summed E-state index contributed by atoms with van der Waals surface area (Å²) in [5.74, 6) is 0.576. The van der Waals surface area contributed by atoms with E-state index in [1.165, 1.54) is 11.1 Å². The first kappa shape index (κ1) is 21.9. The second kappa shape index (κ2) is 9.04. The number of carbonyl (C=O) groups is 2. The summed E-state index contributed by atoms with van der Waals surface area (Å²) in [6.07, 6.45) is 1.49. The number of pyridine rings is 1. The molecule has 33 heavy (non-hydrogen) atoms. The number of fused-ring (bicyclic) bond motifs is 2. The zero-order chi connectivity index (χ0) is 23.5. The van der Waals surface area contributed by atoms with Crippen molar-refractivity contribution in [3.8, 4) is 17.6 Å². The standard InChI is InChI=1S/C24H23N5O4/c1-4-32-20-9-16-18(10-21(20)33-5-2)26-12-14(11-25)23(16)28-15-6-7-19-17(8-15)24(31)27-13-22(30)29(19)3/h6-10,12H,4-5,13H2,1-3H3,(H,26,28)(H,27,31). The highest BCUT2D eigenvalue weighted by Crippen LogP contribution is 2.38. The first-order chi connectivity index (χ1) is 16.0. The predicted octanol–water partition coefficient (Wildman–Crippen LogP) is 3.35. The van der Waals surface area contributed by atoms with Gasteiger partial charge in [-0.15, -0.1) is 0 Å². The van der Waals surface area contributed by atoms with Gasteiger partial charge in [0.2, 0.25) is 5.91 Å². The summed E-state index contributed by atoms with van der Waals surface area (Å²) in [6.45, 7) is 4.62. The molecule has 168 valence electrons. The summed E-state index contributed by atoms with van der Waals surface area (Å²) in [5, 5.41) is 16.3. The number of aromatic nitrogens is 1. The number of ether oxygens (including phenoxy) is 2. The maximum absolute atomic E-state index is 12.5. The van der Waals surface area contributed by atoms with Crippen LogP contribution in [0.3, 0.4) is 0 Å². The molecule has 2 N–H and O–H groups in total. The molecule has 0 atom stereocenters. The molecule has 9 nitrogen and oxygen atoms in total. The van der Waals surface area contributed by atoms with Gasteiger partial charge in [-0.25, -0.2) is 0 Å². The number of hydrogen-bond donors (Lipinski definition) is 2. The van der Waals surface area contributed by atoms with Crippen LogP contribution in [0, 0.1) is 11.3 Å². The maximum Gasteiger partial charge on any atom is 0.253 e. The molecule has 0 bridgehead atoms. The summed E-state index contributed by atoms with van der Waals surface area (Å²) in [4.78, 5) is 30.5. The zero-order valence-corrected chi connectivity index (χ0v) is 18.6. The third-order valence-corrected chi connectivity index (χ3v) is 5.30. The summed E-state index contributed by atoms with van der Waals surface area (Å²) in [7, 11) is 1.63. The van der Waals surface area contributed by atoms with Gasteiger partial charge in [0.1, 0.15) is 6.07 Å². The minimum absolute atomic E-state index is 0.0667. The third-order valence-electron chi connectivity index (χ3n) is 5.30. The molecule has 9 heteroatoms. The Morgan fingerprint density at radius 1 is 1.15 bits per heavy atom. The quantitative estimate of drug-likeness (QED) is 0.598. The molecule has 2 heterocycles. The number of nitrogens with zero attached hydrogens (tertiary/aromatic N) is 3. The highest BCUT2D eigenvalue weighted by Gasteiger charge is 2.24. The number of nitrogens with one attached hydrogen (secondary N) is 2. The number of nitriles is 1. The van der Waals surface area contributed by atoms with Crippen LogP contribution in [0.2, 0.25) is 0 Å². The highest BCUT2D eigenvalue weighted by atomic mass is 16.5. The van der Waals surface area contributed by atoms with Crippen LogP contribution in [0.1, 0.15) is 29.8 Å². The van der Waals surface area contributed by atoms with Gasteiger partial charge in [0.15, 0.2) is 11.5 Å². The summed E-state index contributed by atoms with van der Waals surface area (Å²) < 4.78 is 11.4. The number of hydrogen-bond acceptors (Lipinski definition) is 7. The van der Waals surface area contributed by atoms with E-state index in [0.717, 1.165) is 0 Å². The van der Waals surface area contributed by atoms with E-state index in [0.29, 0.717) is 63.8 Å². The molecule has 2 amide bonds. The van der Waals surface area contributed by atoms with Crippen LogP contribution in [0.25, 0.3) is 10.9 Å². The Morgan fingerprint density at radius 2 is 1.88 bits per heavy atom. The van der Waals surface area contributed by atoms with Crippen molar-refractivity contribution in [1.29, 1.82) is 5.26 Å². The first-order valence-electron chi connectivity index (χ1n) is 10.5. The molecule has 0 unspecified atom stereocenters. The lowest BCUT2D eigenvalue weighted by Gasteiger charge is -2.18. The molecular formula is C24H23N5O4. The average molecular weight is 445 g/mol. The molecule has 0 spiro atoms. The summed E-state index contributed by atoms with van der Waals surface area (Å²) in [6, 6.07) is 10.9. The second-order valence-electron chi connectivity index (χ2n) is 7.33. The number of likely N-dealkylation sites (N-methyl/N-ethyl adjacent to an activating group) is 1. The molecule has 0 radical (unpaired) electrons. The number of carbonyl (C=O) groups excluding carboxylic acids is 2. The maximum atomic E-state index is 12.5. The lowest BCUT2D eigenvalue weighted by molar-refractivity contribution is -0.117. The van der Waals surface area contributed by atoms with E-state index in [-0.39, 0.29) is 18.4 Å². The number of anilines is 3. The Morgan fingerprint density at radius 3 is 2.58 bits per heavy atom. The Balaban J connectivity index is 1.83. The van der Waals surface area contributed by atoms with Crippen molar-refractivity contribution in [2.24, 2.45) is 0 Å². The van der Waals surface area contributed by atoms with Crippen molar-refractivity contribution in [2.75, 3.05) is 37.0 Å². The van der Waals surface area contributed by atoms with Crippen LogP contribution in [0.15, 0.2) is 36.5 Å². The topological polar surface area (TPSA) is 117 Å². The summed E-state index contributed by atoms with van der Waals surface area (Å²) >= 11 is 0. The third kappa shape index (κ3) is 4.11. The molecule has 2 aromatic carbocycles. The summed E-state index contributed by atoms with van der Waals surface area (Å²) in [5.41, 5.74) is 2.95. The van der Waals surface area contributed by atoms with Crippen molar-refractivity contribution in [3.05, 3.63) is 47.7 Å². The van der Waals surface area contributed by atoms with E-state index in [9.17, 15) is 14.9 Å². The highest BCUT2D eigenvalue weighted by molar-refractivity contribution is 6.10. The van der Waals surface area contributed by atoms with Crippen LogP contribution in [-0.4, -0.2) is 43.6 Å². The van der Waals surface area contributed by atoms with Gasteiger partial charge in [-0.1, -0.05) is 0 Å². The van der Waals surface area contributed by atoms with Crippen LogP contribution in [0.5, 0.6) is 11.5 Å². The largest absolute Gasteiger partial charge is 0.490 e. The van der Waals surface area contributed by atoms with Crippen molar-refractivity contribution >= 4 is 39.8 Å². The molecule has 4 rings (SSSR count). The minimum Gasteiger partial charge on any atom is -0.490 e. The van der Waals surface area contributed by atoms with Gasteiger partial charge in [0.25, 0.3) is 5.91 Å². The molecule has 3 aromatic rings. The van der Waals surface area contributed by atoms with Crippen LogP contribution >= 0.6 is 0 Å². The minimum atomic E-state index is -0.341. The van der Waals surface area contributed by atoms with Gasteiger partial charge >= 0.3 is 0 Å². The van der Waals surface area contributed by atoms with Crippen LogP contribution in [0.4, 0.5) is 17.1 Å². The lowest BCUT2D eigenvalue weighted by atomic mass is 10.1. The van der Waals surface area contributed by atoms with E-state index in [2.05, 4.69) is 21.7 Å². The molecular weight excluding hydrogens is 422 g/mol. The Labute approximate surface area is 190 Å². The van der Waals surface area contributed by atoms with Gasteiger partial charge in [-0.3, -0.25) is 14.6 Å². The van der Waals surface area contributed by atoms with Gasteiger partial charge in [0.05, 0.1) is 47.8 Å². The number of amides is 2. The van der Waals surface area contributed by atoms with E-state index >= 15 is 0 Å². The fourth-order valence-electron chi connectivity index (χ4n) is 3.69. The second-order valence-corrected chi connectivity index (χ2v) is 7.33. The van der Waals surface area contributed by atoms with E-state index in [4.69, 9.17) is 9.47 Å². The Hall–Kier alpha value is -4.32. The van der Waals surface area contributed by atoms with Crippen molar-refractivity contribution in [1.82, 2.24) is 10.3 Å². The fourth-order valence-corrected chi connectivity index (χ4v) is 3.69. The smallest absolute Gasteiger partial charge is 0.253 e. The molecule has 1 aromatic heterocycles. The van der Waals surface area contributed by atoms with Crippen molar-refractivity contribution in [3.63, 3.8) is 0 Å². The number of rotatable bonds is 6. The monoisotopic (exact) mass is 445 g/mol. The van der Waals surface area contributed by atoms with Gasteiger partial charge < -0.3 is 25.0 Å². The molecule has 0 saturated carbocycles. The zero-order valence-electron chi connectivity index (χ0n) is 18.6. The first-order valence-corrected chi connectivity index (χ1v) is 10.5. The lowest BCUT2D eigenvalue weighted by Crippen LogP contribution is -2.33. The number of benzene rings is 2. The Bertz CT molecular complexity index is 1300. The SMILES string of the molecule is CCOc1cc2ncc(C#N)c(Nc3ccc4c(c3)C(=O)NCC(=O)N4C)c2cc1OCC. The van der Waals surface area contributed by atoms with Gasteiger partial charge in [0, 0.05) is 30.4 Å². The molecule has 0 fully saturated rings. The van der Waals surface area contributed by atoms with Crippen molar-refractivity contribution < 1.29 is 19.1 Å². The average Bonchev–Trinajstić information content (AvgIpc) is 2.92. The van der Waals surface area contributed by atoms with Gasteiger partial charge in [-0.2, -0.15) is 5.26 Å². The van der Waals surface area contributed by atoms with E-state index in [1.54, 1.807) is 37.4 Å². The van der Waals surface area contributed by atoms with Crippen molar-refractivity contribution in [2.45, 2.75) is 13.8 Å².